The lowest BCUT2D eigenvalue weighted by Crippen LogP contribution is -2.67. The monoisotopic (exact) mass is 694 g/mol. The molecule has 50 heavy (non-hydrogen) atoms. The number of epoxide rings is 1. The Morgan fingerprint density at radius 3 is 1.80 bits per heavy atom. The maximum atomic E-state index is 14.6. The van der Waals surface area contributed by atoms with Gasteiger partial charge in [-0.05, 0) is 64.9 Å². The fourth-order valence-corrected chi connectivity index (χ4v) is 6.76. The van der Waals surface area contributed by atoms with E-state index in [1.807, 2.05) is 115 Å². The molecule has 0 N–H and O–H groups in total. The Bertz CT molecular complexity index is 1870. The predicted octanol–water partition coefficient (Wildman–Crippen LogP) is 8.69. The number of benzene rings is 5. The van der Waals surface area contributed by atoms with Crippen LogP contribution in [0.25, 0.3) is 0 Å². The molecule has 2 aliphatic rings. The van der Waals surface area contributed by atoms with Crippen molar-refractivity contribution in [1.82, 2.24) is 0 Å². The summed E-state index contributed by atoms with van der Waals surface area (Å²) >= 11 is 6.78. The van der Waals surface area contributed by atoms with Gasteiger partial charge in [0.1, 0.15) is 30.7 Å². The Morgan fingerprint density at radius 1 is 0.700 bits per heavy atom. The van der Waals surface area contributed by atoms with Crippen LogP contribution in [0.3, 0.4) is 0 Å². The van der Waals surface area contributed by atoms with Crippen LogP contribution in [0.2, 0.25) is 5.02 Å². The van der Waals surface area contributed by atoms with Gasteiger partial charge in [-0.15, -0.1) is 0 Å². The van der Waals surface area contributed by atoms with E-state index in [4.69, 9.17) is 40.0 Å². The third-order valence-corrected chi connectivity index (χ3v) is 9.74. The molecule has 0 bridgehead atoms. The van der Waals surface area contributed by atoms with Gasteiger partial charge in [0.15, 0.2) is 0 Å². The largest absolute Gasteiger partial charge is 0.368 e. The average molecular weight is 695 g/mol. The van der Waals surface area contributed by atoms with Crippen LogP contribution in [0, 0.1) is 12.7 Å². The van der Waals surface area contributed by atoms with Crippen molar-refractivity contribution in [3.05, 3.63) is 177 Å². The number of ether oxygens (including phenoxy) is 6. The zero-order valence-corrected chi connectivity index (χ0v) is 28.9. The third-order valence-electron chi connectivity index (χ3n) is 9.37. The highest BCUT2D eigenvalue weighted by Crippen LogP contribution is 2.53. The molecule has 0 saturated carbocycles. The van der Waals surface area contributed by atoms with E-state index in [2.05, 4.69) is 0 Å². The molecule has 2 aliphatic heterocycles. The lowest BCUT2D eigenvalue weighted by molar-refractivity contribution is -0.405. The summed E-state index contributed by atoms with van der Waals surface area (Å²) in [6, 6.07) is 40.7. The molecule has 2 heterocycles. The molecule has 258 valence electrons. The van der Waals surface area contributed by atoms with Gasteiger partial charge in [0, 0.05) is 17.7 Å². The van der Waals surface area contributed by atoms with Gasteiger partial charge in [0.25, 0.3) is 0 Å². The first kappa shape index (κ1) is 34.5. The molecule has 5 aromatic rings. The van der Waals surface area contributed by atoms with Crippen molar-refractivity contribution in [3.63, 3.8) is 0 Å². The molecule has 5 atom stereocenters. The molecule has 2 fully saturated rings. The molecule has 1 spiro atoms. The molecule has 0 aliphatic carbocycles. The van der Waals surface area contributed by atoms with Crippen LogP contribution < -0.4 is 0 Å². The first-order valence-electron chi connectivity index (χ1n) is 16.8. The summed E-state index contributed by atoms with van der Waals surface area (Å²) in [5, 5.41) is 0.539. The van der Waals surface area contributed by atoms with Gasteiger partial charge in [0.05, 0.1) is 19.8 Å². The highest BCUT2D eigenvalue weighted by atomic mass is 35.5. The normalized spacial score (nSPS) is 24.4. The Hall–Kier alpha value is -3.92. The van der Waals surface area contributed by atoms with E-state index < -0.39 is 29.9 Å². The summed E-state index contributed by atoms with van der Waals surface area (Å²) in [6.07, 6.45) is -1.81. The molecule has 7 rings (SSSR count). The first-order chi connectivity index (χ1) is 24.4. The van der Waals surface area contributed by atoms with Gasteiger partial charge in [-0.2, -0.15) is 0 Å². The molecule has 0 aromatic heterocycles. The Kier molecular flexibility index (Phi) is 10.4. The zero-order chi connectivity index (χ0) is 34.6. The molecule has 0 amide bonds. The Labute approximate surface area is 297 Å². The minimum Gasteiger partial charge on any atom is -0.368 e. The van der Waals surface area contributed by atoms with E-state index >= 15 is 0 Å². The van der Waals surface area contributed by atoms with Crippen LogP contribution in [0.1, 0.15) is 38.9 Å². The number of halogens is 2. The van der Waals surface area contributed by atoms with Gasteiger partial charge in [-0.3, -0.25) is 0 Å². The summed E-state index contributed by atoms with van der Waals surface area (Å²) in [6.45, 7) is 2.89. The number of hydrogen-bond donors (Lipinski definition) is 0. The van der Waals surface area contributed by atoms with Gasteiger partial charge in [-0.25, -0.2) is 4.39 Å². The van der Waals surface area contributed by atoms with Gasteiger partial charge < -0.3 is 28.4 Å². The SMILES string of the molecule is COC1(c2ccc(Cl)c(Cc3ccc(C)c(F)c3)c2)OC2(CO2)C(OCc2ccccc2)C(OCc2ccccc2)C1OCc1ccccc1. The number of rotatable bonds is 13. The second-order valence-corrected chi connectivity index (χ2v) is 13.2. The van der Waals surface area contributed by atoms with Crippen molar-refractivity contribution >= 4 is 11.6 Å². The van der Waals surface area contributed by atoms with Crippen molar-refractivity contribution in [2.45, 2.75) is 63.1 Å². The van der Waals surface area contributed by atoms with Crippen LogP contribution in [0.4, 0.5) is 4.39 Å². The number of hydrogen-bond acceptors (Lipinski definition) is 6. The van der Waals surface area contributed by atoms with Crippen molar-refractivity contribution in [1.29, 1.82) is 0 Å². The second kappa shape index (κ2) is 15.1. The predicted molar refractivity (Wildman–Crippen MR) is 189 cm³/mol. The van der Waals surface area contributed by atoms with E-state index in [1.54, 1.807) is 26.2 Å². The highest BCUT2D eigenvalue weighted by Gasteiger charge is 2.70. The molecule has 5 aromatic carbocycles. The van der Waals surface area contributed by atoms with E-state index in [0.717, 1.165) is 27.8 Å². The van der Waals surface area contributed by atoms with E-state index in [-0.39, 0.29) is 19.0 Å². The summed E-state index contributed by atoms with van der Waals surface area (Å²) in [5.41, 5.74) is 5.80. The van der Waals surface area contributed by atoms with Crippen LogP contribution >= 0.6 is 11.6 Å². The first-order valence-corrected chi connectivity index (χ1v) is 17.2. The molecule has 2 saturated heterocycles. The van der Waals surface area contributed by atoms with E-state index in [0.29, 0.717) is 35.8 Å². The van der Waals surface area contributed by atoms with Crippen LogP contribution in [0.15, 0.2) is 127 Å². The molecule has 0 radical (unpaired) electrons. The van der Waals surface area contributed by atoms with Crippen molar-refractivity contribution in [2.24, 2.45) is 0 Å². The Morgan fingerprint density at radius 2 is 1.26 bits per heavy atom. The second-order valence-electron chi connectivity index (χ2n) is 12.8. The fourth-order valence-electron chi connectivity index (χ4n) is 6.57. The van der Waals surface area contributed by atoms with Gasteiger partial charge in [-0.1, -0.05) is 121 Å². The molecule has 5 unspecified atom stereocenters. The lowest BCUT2D eigenvalue weighted by atomic mass is 9.86. The summed E-state index contributed by atoms with van der Waals surface area (Å²) in [7, 11) is 1.60. The minimum absolute atomic E-state index is 0.257. The van der Waals surface area contributed by atoms with Crippen molar-refractivity contribution in [3.8, 4) is 0 Å². The summed E-state index contributed by atoms with van der Waals surface area (Å²) < 4.78 is 54.5. The fraction of sp³-hybridized carbons (Fsp3) is 0.286. The van der Waals surface area contributed by atoms with E-state index in [9.17, 15) is 4.39 Å². The molecular formula is C42H40ClFO6. The summed E-state index contributed by atoms with van der Waals surface area (Å²) in [4.78, 5) is 0. The van der Waals surface area contributed by atoms with Crippen LogP contribution in [0.5, 0.6) is 0 Å². The molecular weight excluding hydrogens is 655 g/mol. The molecule has 6 nitrogen and oxygen atoms in total. The van der Waals surface area contributed by atoms with Crippen LogP contribution in [-0.4, -0.2) is 37.8 Å². The molecule has 8 heteroatoms. The zero-order valence-electron chi connectivity index (χ0n) is 28.1. The smallest absolute Gasteiger partial charge is 0.227 e. The number of aryl methyl sites for hydroxylation is 1. The van der Waals surface area contributed by atoms with Gasteiger partial charge in [0.2, 0.25) is 11.6 Å². The minimum atomic E-state index is -1.50. The number of methoxy groups -OCH3 is 1. The maximum Gasteiger partial charge on any atom is 0.227 e. The topological polar surface area (TPSA) is 58.7 Å². The van der Waals surface area contributed by atoms with Gasteiger partial charge >= 0.3 is 0 Å². The quantitative estimate of drug-likeness (QED) is 0.115. The van der Waals surface area contributed by atoms with Crippen molar-refractivity contribution < 1.29 is 32.8 Å². The lowest BCUT2D eigenvalue weighted by Gasteiger charge is -2.51. The average Bonchev–Trinajstić information content (AvgIpc) is 3.92. The summed E-state index contributed by atoms with van der Waals surface area (Å²) in [5.74, 6) is -2.93. The maximum absolute atomic E-state index is 14.6. The van der Waals surface area contributed by atoms with Crippen LogP contribution in [-0.2, 0) is 60.4 Å². The van der Waals surface area contributed by atoms with Crippen molar-refractivity contribution in [2.75, 3.05) is 13.7 Å². The standard InChI is InChI=1S/C42H40ClFO6/c1-29-18-19-33(23-37(29)44)22-34-24-35(20-21-36(34)43)42(45-2)40(48-27-32-16-10-5-11-17-32)38(46-25-30-12-6-3-7-13-30)39(41(50-42)28-49-41)47-26-31-14-8-4-9-15-31/h3-21,23-24,38-40H,22,25-28H2,1-2H3. The third kappa shape index (κ3) is 7.41. The highest BCUT2D eigenvalue weighted by molar-refractivity contribution is 6.31. The van der Waals surface area contributed by atoms with E-state index in [1.165, 1.54) is 0 Å². The Balaban J connectivity index is 1.30.